The molecule has 0 unspecified atom stereocenters. The van der Waals surface area contributed by atoms with Gasteiger partial charge >= 0.3 is 0 Å². The van der Waals surface area contributed by atoms with Crippen molar-refractivity contribution in [2.75, 3.05) is 16.8 Å². The van der Waals surface area contributed by atoms with Crippen molar-refractivity contribution < 1.29 is 9.59 Å². The summed E-state index contributed by atoms with van der Waals surface area (Å²) in [7, 11) is 0. The van der Waals surface area contributed by atoms with E-state index in [2.05, 4.69) is 5.32 Å². The first-order valence-electron chi connectivity index (χ1n) is 7.35. The second-order valence-electron chi connectivity index (χ2n) is 5.52. The van der Waals surface area contributed by atoms with Gasteiger partial charge in [-0.2, -0.15) is 0 Å². The minimum absolute atomic E-state index is 0.284. The van der Waals surface area contributed by atoms with Crippen LogP contribution >= 0.6 is 0 Å². The Morgan fingerprint density at radius 3 is 2.64 bits per heavy atom. The molecule has 4 heteroatoms. The molecule has 4 nitrogen and oxygen atoms in total. The summed E-state index contributed by atoms with van der Waals surface area (Å²) in [5.41, 5.74) is 4.17. The predicted octanol–water partition coefficient (Wildman–Crippen LogP) is 3.16. The van der Waals surface area contributed by atoms with Crippen molar-refractivity contribution >= 4 is 23.2 Å². The number of carbonyl (C=O) groups is 2. The summed E-state index contributed by atoms with van der Waals surface area (Å²) >= 11 is 0. The molecule has 1 heterocycles. The number of para-hydroxylation sites is 1. The number of carbonyl (C=O) groups excluding carboxylic acids is 2. The number of anilines is 2. The van der Waals surface area contributed by atoms with Gasteiger partial charge in [-0.15, -0.1) is 0 Å². The molecule has 2 aromatic rings. The van der Waals surface area contributed by atoms with Gasteiger partial charge < -0.3 is 5.32 Å². The number of nitrogens with one attached hydrogen (secondary N) is 1. The van der Waals surface area contributed by atoms with Crippen molar-refractivity contribution in [1.82, 2.24) is 0 Å². The summed E-state index contributed by atoms with van der Waals surface area (Å²) in [6.45, 7) is 4.18. The van der Waals surface area contributed by atoms with Gasteiger partial charge in [-0.1, -0.05) is 29.8 Å². The summed E-state index contributed by atoms with van der Waals surface area (Å²) < 4.78 is 0. The van der Waals surface area contributed by atoms with Crippen molar-refractivity contribution in [2.45, 2.75) is 20.3 Å². The van der Waals surface area contributed by atoms with E-state index in [0.717, 1.165) is 29.8 Å². The first kappa shape index (κ1) is 14.3. The SMILES string of the molecule is CC(=O)N(C(=O)c1cccc(C)c1)c1cccc2c1NCC2. The highest BCUT2D eigenvalue weighted by Gasteiger charge is 2.26. The number of hydrogen-bond donors (Lipinski definition) is 1. The van der Waals surface area contributed by atoms with Gasteiger partial charge in [0.05, 0.1) is 11.4 Å². The topological polar surface area (TPSA) is 49.4 Å². The molecule has 0 saturated heterocycles. The van der Waals surface area contributed by atoms with Crippen molar-refractivity contribution in [1.29, 1.82) is 0 Å². The zero-order valence-corrected chi connectivity index (χ0v) is 12.7. The molecule has 0 bridgehead atoms. The number of fused-ring (bicyclic) bond motifs is 1. The third-order valence-electron chi connectivity index (χ3n) is 3.85. The van der Waals surface area contributed by atoms with E-state index in [-0.39, 0.29) is 11.8 Å². The molecule has 112 valence electrons. The van der Waals surface area contributed by atoms with Crippen LogP contribution in [-0.2, 0) is 11.2 Å². The average molecular weight is 294 g/mol. The van der Waals surface area contributed by atoms with Gasteiger partial charge in [-0.3, -0.25) is 9.59 Å². The Kier molecular flexibility index (Phi) is 3.67. The lowest BCUT2D eigenvalue weighted by Crippen LogP contribution is -2.35. The molecule has 0 aromatic heterocycles. The Bertz CT molecular complexity index is 753. The van der Waals surface area contributed by atoms with E-state index < -0.39 is 0 Å². The molecule has 0 spiro atoms. The van der Waals surface area contributed by atoms with E-state index in [0.29, 0.717) is 11.3 Å². The smallest absolute Gasteiger partial charge is 0.265 e. The first-order chi connectivity index (χ1) is 10.6. The minimum atomic E-state index is -0.293. The molecule has 22 heavy (non-hydrogen) atoms. The first-order valence-corrected chi connectivity index (χ1v) is 7.35. The normalized spacial score (nSPS) is 12.5. The van der Waals surface area contributed by atoms with Gasteiger partial charge in [0.15, 0.2) is 0 Å². The highest BCUT2D eigenvalue weighted by molar-refractivity contribution is 6.22. The number of rotatable bonds is 2. The standard InChI is InChI=1S/C18H18N2O2/c1-12-5-3-7-15(11-12)18(22)20(13(2)21)16-8-4-6-14-9-10-19-17(14)16/h3-8,11,19H,9-10H2,1-2H3. The molecule has 1 aliphatic rings. The van der Waals surface area contributed by atoms with Crippen LogP contribution in [0.2, 0.25) is 0 Å². The molecule has 0 atom stereocenters. The molecule has 2 aromatic carbocycles. The Balaban J connectivity index is 2.06. The lowest BCUT2D eigenvalue weighted by Gasteiger charge is -2.22. The van der Waals surface area contributed by atoms with E-state index in [1.54, 1.807) is 12.1 Å². The Labute approximate surface area is 129 Å². The lowest BCUT2D eigenvalue weighted by molar-refractivity contribution is -0.115. The number of imide groups is 1. The second kappa shape index (κ2) is 5.64. The van der Waals surface area contributed by atoms with E-state index in [9.17, 15) is 9.59 Å². The predicted molar refractivity (Wildman–Crippen MR) is 87.3 cm³/mol. The molecule has 0 radical (unpaired) electrons. The van der Waals surface area contributed by atoms with Gasteiger partial charge in [-0.05, 0) is 37.1 Å². The van der Waals surface area contributed by atoms with Crippen molar-refractivity contribution in [3.63, 3.8) is 0 Å². The van der Waals surface area contributed by atoms with Crippen molar-refractivity contribution in [3.05, 3.63) is 59.2 Å². The summed E-state index contributed by atoms with van der Waals surface area (Å²) in [5.74, 6) is -0.577. The Morgan fingerprint density at radius 1 is 1.14 bits per heavy atom. The largest absolute Gasteiger partial charge is 0.383 e. The van der Waals surface area contributed by atoms with Crippen LogP contribution in [0.4, 0.5) is 11.4 Å². The van der Waals surface area contributed by atoms with Gasteiger partial charge in [0, 0.05) is 19.0 Å². The van der Waals surface area contributed by atoms with Crippen LogP contribution in [-0.4, -0.2) is 18.4 Å². The van der Waals surface area contributed by atoms with Crippen LogP contribution < -0.4 is 10.2 Å². The second-order valence-corrected chi connectivity index (χ2v) is 5.52. The van der Waals surface area contributed by atoms with E-state index in [1.165, 1.54) is 11.8 Å². The number of amides is 2. The average Bonchev–Trinajstić information content (AvgIpc) is 2.96. The molecular formula is C18H18N2O2. The molecule has 1 aliphatic heterocycles. The third kappa shape index (κ3) is 2.48. The summed E-state index contributed by atoms with van der Waals surface area (Å²) in [4.78, 5) is 26.2. The third-order valence-corrected chi connectivity index (χ3v) is 3.85. The van der Waals surface area contributed by atoms with Crippen LogP contribution in [0.25, 0.3) is 0 Å². The molecule has 1 N–H and O–H groups in total. The van der Waals surface area contributed by atoms with Gasteiger partial charge in [0.2, 0.25) is 5.91 Å². The maximum Gasteiger partial charge on any atom is 0.265 e. The minimum Gasteiger partial charge on any atom is -0.383 e. The van der Waals surface area contributed by atoms with E-state index in [4.69, 9.17) is 0 Å². The fraction of sp³-hybridized carbons (Fsp3) is 0.222. The Hall–Kier alpha value is -2.62. The van der Waals surface area contributed by atoms with Gasteiger partial charge in [0.25, 0.3) is 5.91 Å². The van der Waals surface area contributed by atoms with E-state index >= 15 is 0 Å². The van der Waals surface area contributed by atoms with Gasteiger partial charge in [-0.25, -0.2) is 4.90 Å². The fourth-order valence-electron chi connectivity index (χ4n) is 2.84. The van der Waals surface area contributed by atoms with Crippen LogP contribution in [0, 0.1) is 6.92 Å². The van der Waals surface area contributed by atoms with Crippen LogP contribution in [0.5, 0.6) is 0 Å². The quantitative estimate of drug-likeness (QED) is 0.925. The lowest BCUT2D eigenvalue weighted by atomic mass is 10.1. The number of hydrogen-bond acceptors (Lipinski definition) is 3. The van der Waals surface area contributed by atoms with Gasteiger partial charge in [0.1, 0.15) is 0 Å². The zero-order valence-electron chi connectivity index (χ0n) is 12.7. The summed E-state index contributed by atoms with van der Waals surface area (Å²) in [5, 5.41) is 3.28. The van der Waals surface area contributed by atoms with Crippen molar-refractivity contribution in [2.24, 2.45) is 0 Å². The Morgan fingerprint density at radius 2 is 1.91 bits per heavy atom. The molecular weight excluding hydrogens is 276 g/mol. The van der Waals surface area contributed by atoms with Crippen molar-refractivity contribution in [3.8, 4) is 0 Å². The number of aryl methyl sites for hydroxylation is 1. The number of nitrogens with zero attached hydrogens (tertiary/aromatic N) is 1. The van der Waals surface area contributed by atoms with E-state index in [1.807, 2.05) is 37.3 Å². The summed E-state index contributed by atoms with van der Waals surface area (Å²) in [6.07, 6.45) is 0.910. The summed E-state index contributed by atoms with van der Waals surface area (Å²) in [6, 6.07) is 13.0. The molecule has 2 amide bonds. The fourth-order valence-corrected chi connectivity index (χ4v) is 2.84. The monoisotopic (exact) mass is 294 g/mol. The van der Waals surface area contributed by atoms with Crippen LogP contribution in [0.1, 0.15) is 28.4 Å². The zero-order chi connectivity index (χ0) is 15.7. The molecule has 0 fully saturated rings. The molecule has 3 rings (SSSR count). The molecule has 0 saturated carbocycles. The molecule has 0 aliphatic carbocycles. The van der Waals surface area contributed by atoms with Crippen LogP contribution in [0.15, 0.2) is 42.5 Å². The maximum atomic E-state index is 12.8. The highest BCUT2D eigenvalue weighted by Crippen LogP contribution is 2.34. The highest BCUT2D eigenvalue weighted by atomic mass is 16.2. The number of benzene rings is 2. The van der Waals surface area contributed by atoms with Crippen LogP contribution in [0.3, 0.4) is 0 Å². The maximum absolute atomic E-state index is 12.8.